The lowest BCUT2D eigenvalue weighted by Crippen LogP contribution is -2.34. The van der Waals surface area contributed by atoms with Gasteiger partial charge in [0.15, 0.2) is 0 Å². The van der Waals surface area contributed by atoms with Crippen molar-refractivity contribution in [1.82, 2.24) is 4.90 Å². The minimum Gasteiger partial charge on any atom is -0.478 e. The summed E-state index contributed by atoms with van der Waals surface area (Å²) >= 11 is 0. The monoisotopic (exact) mass is 223 g/mol. The Balaban J connectivity index is 1.91. The van der Waals surface area contributed by atoms with Crippen molar-refractivity contribution in [2.24, 2.45) is 5.92 Å². The Hall–Kier alpha value is -0.830. The summed E-state index contributed by atoms with van der Waals surface area (Å²) in [7, 11) is 0. The molecule has 0 amide bonds. The Morgan fingerprint density at radius 2 is 2.12 bits per heavy atom. The number of carboxylic acids is 1. The summed E-state index contributed by atoms with van der Waals surface area (Å²) < 4.78 is 0. The highest BCUT2D eigenvalue weighted by Crippen LogP contribution is 2.35. The fourth-order valence-corrected chi connectivity index (χ4v) is 3.07. The lowest BCUT2D eigenvalue weighted by molar-refractivity contribution is -0.132. The molecule has 2 unspecified atom stereocenters. The highest BCUT2D eigenvalue weighted by molar-refractivity contribution is 5.85. The molecule has 0 bridgehead atoms. The maximum Gasteiger partial charge on any atom is 0.330 e. The second kappa shape index (κ2) is 5.00. The first-order valence-corrected chi connectivity index (χ1v) is 6.32. The number of hydrogen-bond acceptors (Lipinski definition) is 2. The number of nitrogens with zero attached hydrogens (tertiary/aromatic N) is 1. The maximum atomic E-state index is 10.7. The van der Waals surface area contributed by atoms with Gasteiger partial charge in [-0.15, -0.1) is 0 Å². The van der Waals surface area contributed by atoms with Gasteiger partial charge in [0.1, 0.15) is 0 Å². The number of carboxylic acid groups (broad SMARTS) is 1. The van der Waals surface area contributed by atoms with E-state index >= 15 is 0 Å². The van der Waals surface area contributed by atoms with Crippen LogP contribution in [0.25, 0.3) is 0 Å². The summed E-state index contributed by atoms with van der Waals surface area (Å²) in [5, 5.41) is 8.80. The number of aliphatic carboxylic acids is 1. The number of hydrogen-bond donors (Lipinski definition) is 1. The SMILES string of the molecule is CC(=CCN1CCC2CCCCC21)C(=O)O. The zero-order valence-corrected chi connectivity index (χ0v) is 9.98. The average Bonchev–Trinajstić information content (AvgIpc) is 2.69. The van der Waals surface area contributed by atoms with Gasteiger partial charge in [0.2, 0.25) is 0 Å². The van der Waals surface area contributed by atoms with E-state index in [9.17, 15) is 4.79 Å². The number of likely N-dealkylation sites (tertiary alicyclic amines) is 1. The molecule has 3 heteroatoms. The first kappa shape index (κ1) is 11.6. The highest BCUT2D eigenvalue weighted by Gasteiger charge is 2.34. The molecule has 1 saturated heterocycles. The second-order valence-electron chi connectivity index (χ2n) is 5.09. The van der Waals surface area contributed by atoms with Gasteiger partial charge in [0.05, 0.1) is 0 Å². The van der Waals surface area contributed by atoms with Crippen molar-refractivity contribution >= 4 is 5.97 Å². The molecule has 2 atom stereocenters. The summed E-state index contributed by atoms with van der Waals surface area (Å²) in [6.07, 6.45) is 8.59. The number of rotatable bonds is 3. The van der Waals surface area contributed by atoms with Crippen LogP contribution in [0.1, 0.15) is 39.0 Å². The molecule has 0 aromatic carbocycles. The van der Waals surface area contributed by atoms with E-state index in [4.69, 9.17) is 5.11 Å². The fourth-order valence-electron chi connectivity index (χ4n) is 3.07. The topological polar surface area (TPSA) is 40.5 Å². The normalized spacial score (nSPS) is 31.4. The third kappa shape index (κ3) is 2.46. The van der Waals surface area contributed by atoms with Crippen molar-refractivity contribution in [2.75, 3.05) is 13.1 Å². The molecule has 1 aliphatic heterocycles. The number of carbonyl (C=O) groups is 1. The van der Waals surface area contributed by atoms with Gasteiger partial charge in [-0.1, -0.05) is 18.9 Å². The molecular weight excluding hydrogens is 202 g/mol. The fraction of sp³-hybridized carbons (Fsp3) is 0.769. The van der Waals surface area contributed by atoms with Gasteiger partial charge < -0.3 is 5.11 Å². The van der Waals surface area contributed by atoms with Gasteiger partial charge in [-0.05, 0) is 38.6 Å². The predicted molar refractivity (Wildman–Crippen MR) is 63.3 cm³/mol. The van der Waals surface area contributed by atoms with Crippen LogP contribution in [0.2, 0.25) is 0 Å². The van der Waals surface area contributed by atoms with E-state index < -0.39 is 5.97 Å². The zero-order chi connectivity index (χ0) is 11.5. The molecule has 0 aromatic heterocycles. The molecule has 1 aliphatic carbocycles. The largest absolute Gasteiger partial charge is 0.478 e. The van der Waals surface area contributed by atoms with Gasteiger partial charge in [-0.25, -0.2) is 4.79 Å². The Morgan fingerprint density at radius 3 is 2.88 bits per heavy atom. The van der Waals surface area contributed by atoms with E-state index in [-0.39, 0.29) is 0 Å². The Morgan fingerprint density at radius 1 is 1.38 bits per heavy atom. The maximum absolute atomic E-state index is 10.7. The van der Waals surface area contributed by atoms with Crippen molar-refractivity contribution in [2.45, 2.75) is 45.1 Å². The van der Waals surface area contributed by atoms with E-state index in [1.807, 2.05) is 6.08 Å². The molecule has 90 valence electrons. The molecule has 1 saturated carbocycles. The van der Waals surface area contributed by atoms with Crippen molar-refractivity contribution in [3.63, 3.8) is 0 Å². The van der Waals surface area contributed by atoms with Crippen molar-refractivity contribution in [3.8, 4) is 0 Å². The van der Waals surface area contributed by atoms with Gasteiger partial charge in [0, 0.05) is 18.2 Å². The molecule has 2 aliphatic rings. The van der Waals surface area contributed by atoms with Crippen LogP contribution in [0.5, 0.6) is 0 Å². The van der Waals surface area contributed by atoms with Crippen LogP contribution in [0.15, 0.2) is 11.6 Å². The second-order valence-corrected chi connectivity index (χ2v) is 5.09. The van der Waals surface area contributed by atoms with E-state index in [0.29, 0.717) is 5.57 Å². The van der Waals surface area contributed by atoms with Crippen LogP contribution >= 0.6 is 0 Å². The lowest BCUT2D eigenvalue weighted by atomic mass is 9.85. The summed E-state index contributed by atoms with van der Waals surface area (Å²) in [6, 6.07) is 0.728. The average molecular weight is 223 g/mol. The van der Waals surface area contributed by atoms with E-state index in [2.05, 4.69) is 4.90 Å². The third-order valence-electron chi connectivity index (χ3n) is 4.09. The summed E-state index contributed by atoms with van der Waals surface area (Å²) in [5.41, 5.74) is 0.472. The minimum absolute atomic E-state index is 0.472. The van der Waals surface area contributed by atoms with Crippen molar-refractivity contribution in [1.29, 1.82) is 0 Å². The first-order chi connectivity index (χ1) is 7.68. The summed E-state index contributed by atoms with van der Waals surface area (Å²) in [4.78, 5) is 13.2. The molecular formula is C13H21NO2. The molecule has 2 fully saturated rings. The van der Waals surface area contributed by atoms with Gasteiger partial charge in [-0.2, -0.15) is 0 Å². The molecule has 0 spiro atoms. The first-order valence-electron chi connectivity index (χ1n) is 6.32. The summed E-state index contributed by atoms with van der Waals surface area (Å²) in [6.45, 7) is 3.65. The Labute approximate surface area is 97.1 Å². The quantitative estimate of drug-likeness (QED) is 0.746. The van der Waals surface area contributed by atoms with Crippen molar-refractivity contribution < 1.29 is 9.90 Å². The van der Waals surface area contributed by atoms with E-state index in [1.165, 1.54) is 32.1 Å². The van der Waals surface area contributed by atoms with Crippen LogP contribution in [-0.4, -0.2) is 35.1 Å². The predicted octanol–water partition coefficient (Wildman–Crippen LogP) is 2.28. The molecule has 1 N–H and O–H groups in total. The number of fused-ring (bicyclic) bond motifs is 1. The molecule has 2 rings (SSSR count). The molecule has 1 heterocycles. The van der Waals surface area contributed by atoms with Crippen LogP contribution in [0, 0.1) is 5.92 Å². The van der Waals surface area contributed by atoms with Gasteiger partial charge in [0.25, 0.3) is 0 Å². The van der Waals surface area contributed by atoms with Crippen LogP contribution < -0.4 is 0 Å². The Kier molecular flexibility index (Phi) is 3.64. The van der Waals surface area contributed by atoms with Crippen molar-refractivity contribution in [3.05, 3.63) is 11.6 Å². The lowest BCUT2D eigenvalue weighted by Gasteiger charge is -2.31. The van der Waals surface area contributed by atoms with Crippen LogP contribution in [0.3, 0.4) is 0 Å². The highest BCUT2D eigenvalue weighted by atomic mass is 16.4. The third-order valence-corrected chi connectivity index (χ3v) is 4.09. The summed E-state index contributed by atoms with van der Waals surface area (Å²) in [5.74, 6) is 0.0895. The van der Waals surface area contributed by atoms with Gasteiger partial charge in [-0.3, -0.25) is 4.90 Å². The smallest absolute Gasteiger partial charge is 0.330 e. The molecule has 0 aromatic rings. The van der Waals surface area contributed by atoms with E-state index in [1.54, 1.807) is 6.92 Å². The molecule has 3 nitrogen and oxygen atoms in total. The van der Waals surface area contributed by atoms with Gasteiger partial charge >= 0.3 is 5.97 Å². The van der Waals surface area contributed by atoms with Crippen LogP contribution in [-0.2, 0) is 4.79 Å². The molecule has 16 heavy (non-hydrogen) atoms. The Bertz CT molecular complexity index is 298. The minimum atomic E-state index is -0.792. The molecule has 0 radical (unpaired) electrons. The standard InChI is InChI=1S/C13H21NO2/c1-10(13(15)16)6-8-14-9-7-11-4-2-3-5-12(11)14/h6,11-12H,2-5,7-9H2,1H3,(H,15,16). The van der Waals surface area contributed by atoms with Crippen LogP contribution in [0.4, 0.5) is 0 Å². The zero-order valence-electron chi connectivity index (χ0n) is 9.98. The van der Waals surface area contributed by atoms with E-state index in [0.717, 1.165) is 25.0 Å².